The molecule has 1 aromatic heterocycles. The van der Waals surface area contributed by atoms with Gasteiger partial charge in [0.2, 0.25) is 15.9 Å². The summed E-state index contributed by atoms with van der Waals surface area (Å²) in [6.45, 7) is 3.73. The number of sulfonamides is 1. The number of amides is 1. The molecule has 2 heterocycles. The standard InChI is InChI=1S/C18H27N3O4S2/c1-14-4-2-3-5-16(14)20-17(22)13-26-18-7-6-15(12-19-18)27(23,24)21-8-10-25-11-9-21/h6-7,12,14,16H,2-5,8-11,13H2,1H3,(H,20,22)/t14-,16+/m0/s1. The van der Waals surface area contributed by atoms with E-state index in [1.165, 1.54) is 41.5 Å². The molecule has 150 valence electrons. The van der Waals surface area contributed by atoms with Crippen molar-refractivity contribution in [2.75, 3.05) is 32.1 Å². The van der Waals surface area contributed by atoms with Gasteiger partial charge in [-0.25, -0.2) is 13.4 Å². The number of aromatic nitrogens is 1. The van der Waals surface area contributed by atoms with Crippen LogP contribution in [0.3, 0.4) is 0 Å². The molecule has 1 saturated heterocycles. The summed E-state index contributed by atoms with van der Waals surface area (Å²) in [6, 6.07) is 3.48. The number of pyridine rings is 1. The van der Waals surface area contributed by atoms with E-state index in [-0.39, 0.29) is 22.6 Å². The molecule has 7 nitrogen and oxygen atoms in total. The molecule has 1 aliphatic carbocycles. The Hall–Kier alpha value is -1.16. The number of thioether (sulfide) groups is 1. The third-order valence-electron chi connectivity index (χ3n) is 5.13. The highest BCUT2D eigenvalue weighted by Crippen LogP contribution is 2.24. The first-order valence-corrected chi connectivity index (χ1v) is 11.9. The fraction of sp³-hybridized carbons (Fsp3) is 0.667. The SMILES string of the molecule is C[C@H]1CCCC[C@H]1NC(=O)CSc1ccc(S(=O)(=O)N2CCOCC2)cn1. The van der Waals surface area contributed by atoms with Gasteiger partial charge in [0.25, 0.3) is 0 Å². The lowest BCUT2D eigenvalue weighted by Gasteiger charge is -2.29. The van der Waals surface area contributed by atoms with E-state index in [1.54, 1.807) is 12.1 Å². The minimum absolute atomic E-state index is 0.00515. The molecule has 1 amide bonds. The Labute approximate surface area is 165 Å². The van der Waals surface area contributed by atoms with E-state index in [0.717, 1.165) is 6.42 Å². The fourth-order valence-electron chi connectivity index (χ4n) is 3.46. The number of hydrogen-bond donors (Lipinski definition) is 1. The summed E-state index contributed by atoms with van der Waals surface area (Å²) in [5, 5.41) is 3.76. The Balaban J connectivity index is 1.52. The van der Waals surface area contributed by atoms with E-state index in [9.17, 15) is 13.2 Å². The molecule has 0 bridgehead atoms. The minimum Gasteiger partial charge on any atom is -0.379 e. The van der Waals surface area contributed by atoms with Gasteiger partial charge in [0, 0.05) is 25.3 Å². The van der Waals surface area contributed by atoms with E-state index >= 15 is 0 Å². The first-order valence-electron chi connectivity index (χ1n) is 9.43. The fourth-order valence-corrected chi connectivity index (χ4v) is 5.47. The summed E-state index contributed by atoms with van der Waals surface area (Å²) in [7, 11) is -3.53. The molecule has 3 rings (SSSR count). The summed E-state index contributed by atoms with van der Waals surface area (Å²) in [4.78, 5) is 16.6. The molecule has 0 unspecified atom stereocenters. The number of carbonyl (C=O) groups is 1. The number of nitrogens with zero attached hydrogens (tertiary/aromatic N) is 2. The zero-order valence-electron chi connectivity index (χ0n) is 15.6. The summed E-state index contributed by atoms with van der Waals surface area (Å²) in [6.07, 6.45) is 5.99. The summed E-state index contributed by atoms with van der Waals surface area (Å²) in [5.74, 6) is 0.812. The maximum Gasteiger partial charge on any atom is 0.244 e. The van der Waals surface area contributed by atoms with Crippen LogP contribution < -0.4 is 5.32 Å². The average molecular weight is 414 g/mol. The topological polar surface area (TPSA) is 88.6 Å². The monoisotopic (exact) mass is 413 g/mol. The normalized spacial score (nSPS) is 24.5. The van der Waals surface area contributed by atoms with Crippen molar-refractivity contribution >= 4 is 27.7 Å². The third-order valence-corrected chi connectivity index (χ3v) is 7.95. The first-order chi connectivity index (χ1) is 13.0. The molecule has 0 radical (unpaired) electrons. The number of nitrogens with one attached hydrogen (secondary N) is 1. The van der Waals surface area contributed by atoms with Crippen LogP contribution >= 0.6 is 11.8 Å². The molecule has 1 N–H and O–H groups in total. The average Bonchev–Trinajstić information content (AvgIpc) is 2.69. The summed E-state index contributed by atoms with van der Waals surface area (Å²) in [5.41, 5.74) is 0. The number of ether oxygens (including phenoxy) is 1. The van der Waals surface area contributed by atoms with Crippen molar-refractivity contribution < 1.29 is 17.9 Å². The lowest BCUT2D eigenvalue weighted by molar-refractivity contribution is -0.119. The molecular weight excluding hydrogens is 386 g/mol. The third kappa shape index (κ3) is 5.43. The molecule has 0 spiro atoms. The molecule has 0 aromatic carbocycles. The number of hydrogen-bond acceptors (Lipinski definition) is 6. The second-order valence-electron chi connectivity index (χ2n) is 7.07. The minimum atomic E-state index is -3.53. The molecule has 1 aromatic rings. The van der Waals surface area contributed by atoms with E-state index in [0.29, 0.717) is 37.2 Å². The van der Waals surface area contributed by atoms with Gasteiger partial charge < -0.3 is 10.1 Å². The molecule has 1 aliphatic heterocycles. The van der Waals surface area contributed by atoms with Gasteiger partial charge in [-0.3, -0.25) is 4.79 Å². The van der Waals surface area contributed by atoms with Crippen molar-refractivity contribution in [3.8, 4) is 0 Å². The maximum absolute atomic E-state index is 12.6. The van der Waals surface area contributed by atoms with Crippen molar-refractivity contribution in [2.45, 2.75) is 48.6 Å². The van der Waals surface area contributed by atoms with Gasteiger partial charge >= 0.3 is 0 Å². The van der Waals surface area contributed by atoms with E-state index in [2.05, 4.69) is 17.2 Å². The smallest absolute Gasteiger partial charge is 0.244 e. The highest BCUT2D eigenvalue weighted by atomic mass is 32.2. The van der Waals surface area contributed by atoms with Crippen LogP contribution in [-0.2, 0) is 19.6 Å². The van der Waals surface area contributed by atoms with E-state index < -0.39 is 10.0 Å². The molecule has 9 heteroatoms. The predicted molar refractivity (Wildman–Crippen MR) is 104 cm³/mol. The van der Waals surface area contributed by atoms with Crippen molar-refractivity contribution in [3.05, 3.63) is 18.3 Å². The van der Waals surface area contributed by atoms with Gasteiger partial charge in [0.05, 0.1) is 24.0 Å². The van der Waals surface area contributed by atoms with Crippen molar-refractivity contribution in [2.24, 2.45) is 5.92 Å². The van der Waals surface area contributed by atoms with Crippen LogP contribution in [0, 0.1) is 5.92 Å². The van der Waals surface area contributed by atoms with E-state index in [4.69, 9.17) is 4.74 Å². The quantitative estimate of drug-likeness (QED) is 0.717. The Kier molecular flexibility index (Phi) is 7.13. The predicted octanol–water partition coefficient (Wildman–Crippen LogP) is 1.89. The summed E-state index contributed by atoms with van der Waals surface area (Å²) < 4.78 is 31.8. The summed E-state index contributed by atoms with van der Waals surface area (Å²) >= 11 is 1.32. The Morgan fingerprint density at radius 2 is 2.04 bits per heavy atom. The molecule has 2 aliphatic rings. The van der Waals surface area contributed by atoms with Gasteiger partial charge in [0.1, 0.15) is 4.90 Å². The number of carbonyl (C=O) groups excluding carboxylic acids is 1. The largest absolute Gasteiger partial charge is 0.379 e. The van der Waals surface area contributed by atoms with Crippen LogP contribution in [0.1, 0.15) is 32.6 Å². The van der Waals surface area contributed by atoms with Crippen LogP contribution in [0.5, 0.6) is 0 Å². The number of rotatable bonds is 6. The first kappa shape index (κ1) is 20.6. The van der Waals surface area contributed by atoms with Crippen LogP contribution in [0.4, 0.5) is 0 Å². The lowest BCUT2D eigenvalue weighted by atomic mass is 9.86. The van der Waals surface area contributed by atoms with Crippen LogP contribution in [0.2, 0.25) is 0 Å². The van der Waals surface area contributed by atoms with Gasteiger partial charge in [-0.05, 0) is 30.9 Å². The lowest BCUT2D eigenvalue weighted by Crippen LogP contribution is -2.41. The Bertz CT molecular complexity index is 733. The molecule has 2 fully saturated rings. The maximum atomic E-state index is 12.6. The second-order valence-corrected chi connectivity index (χ2v) is 10.0. The van der Waals surface area contributed by atoms with Crippen LogP contribution in [0.15, 0.2) is 28.3 Å². The van der Waals surface area contributed by atoms with Gasteiger partial charge in [-0.15, -0.1) is 0 Å². The number of morpholine rings is 1. The molecule has 1 saturated carbocycles. The molecule has 27 heavy (non-hydrogen) atoms. The van der Waals surface area contributed by atoms with Gasteiger partial charge in [-0.2, -0.15) is 4.31 Å². The van der Waals surface area contributed by atoms with Crippen molar-refractivity contribution in [1.82, 2.24) is 14.6 Å². The zero-order valence-corrected chi connectivity index (χ0v) is 17.2. The van der Waals surface area contributed by atoms with Crippen LogP contribution in [-0.4, -0.2) is 61.7 Å². The van der Waals surface area contributed by atoms with E-state index in [1.807, 2.05) is 0 Å². The highest BCUT2D eigenvalue weighted by Gasteiger charge is 2.26. The van der Waals surface area contributed by atoms with Crippen molar-refractivity contribution in [1.29, 1.82) is 0 Å². The Morgan fingerprint density at radius 1 is 1.30 bits per heavy atom. The van der Waals surface area contributed by atoms with Gasteiger partial charge in [-0.1, -0.05) is 31.5 Å². The van der Waals surface area contributed by atoms with Crippen LogP contribution in [0.25, 0.3) is 0 Å². The van der Waals surface area contributed by atoms with Gasteiger partial charge in [0.15, 0.2) is 0 Å². The van der Waals surface area contributed by atoms with Crippen molar-refractivity contribution in [3.63, 3.8) is 0 Å². The second kappa shape index (κ2) is 9.36. The Morgan fingerprint density at radius 3 is 2.70 bits per heavy atom. The molecular formula is C18H27N3O4S2. The zero-order chi connectivity index (χ0) is 19.3. The molecule has 2 atom stereocenters. The highest BCUT2D eigenvalue weighted by molar-refractivity contribution is 7.99.